The Kier molecular flexibility index (Phi) is 4.14. The van der Waals surface area contributed by atoms with Crippen LogP contribution >= 0.6 is 0 Å². The molecule has 1 aromatic heterocycles. The lowest BCUT2D eigenvalue weighted by atomic mass is 10.2. The molecule has 1 aliphatic carbocycles. The quantitative estimate of drug-likeness (QED) is 0.802. The summed E-state index contributed by atoms with van der Waals surface area (Å²) in [6, 6.07) is 0.464. The Morgan fingerprint density at radius 2 is 2.17 bits per heavy atom. The van der Waals surface area contributed by atoms with Gasteiger partial charge in [0.15, 0.2) is 0 Å². The molecule has 1 aliphatic rings. The van der Waals surface area contributed by atoms with E-state index in [1.54, 1.807) is 7.11 Å². The maximum Gasteiger partial charge on any atom is 0.323 e. The summed E-state index contributed by atoms with van der Waals surface area (Å²) in [5.41, 5.74) is 5.62. The molecule has 3 N–H and O–H groups in total. The Labute approximate surface area is 106 Å². The molecule has 0 aromatic carbocycles. The minimum absolute atomic E-state index is 0.155. The zero-order valence-electron chi connectivity index (χ0n) is 10.7. The van der Waals surface area contributed by atoms with Crippen LogP contribution < -0.4 is 15.8 Å². The van der Waals surface area contributed by atoms with E-state index in [0.29, 0.717) is 12.6 Å². The second kappa shape index (κ2) is 5.81. The van der Waals surface area contributed by atoms with Crippen molar-refractivity contribution in [2.24, 2.45) is 0 Å². The maximum absolute atomic E-state index is 5.62. The van der Waals surface area contributed by atoms with Crippen LogP contribution in [0.4, 0.5) is 11.9 Å². The van der Waals surface area contributed by atoms with Gasteiger partial charge in [0, 0.05) is 7.11 Å². The highest BCUT2D eigenvalue weighted by Gasteiger charge is 2.27. The molecular weight excluding hydrogens is 234 g/mol. The van der Waals surface area contributed by atoms with Crippen LogP contribution in [0.1, 0.15) is 26.2 Å². The summed E-state index contributed by atoms with van der Waals surface area (Å²) in [7, 11) is 1.72. The minimum atomic E-state index is 0.155. The molecule has 100 valence electrons. The van der Waals surface area contributed by atoms with Crippen molar-refractivity contribution < 1.29 is 9.47 Å². The number of nitrogens with one attached hydrogen (secondary N) is 1. The van der Waals surface area contributed by atoms with E-state index in [9.17, 15) is 0 Å². The molecule has 0 saturated heterocycles. The highest BCUT2D eigenvalue weighted by molar-refractivity contribution is 5.34. The first-order chi connectivity index (χ1) is 8.72. The predicted octanol–water partition coefficient (Wildman–Crippen LogP) is 0.832. The molecule has 2 atom stereocenters. The van der Waals surface area contributed by atoms with E-state index in [1.807, 2.05) is 6.92 Å². The van der Waals surface area contributed by atoms with Gasteiger partial charge in [-0.05, 0) is 26.2 Å². The van der Waals surface area contributed by atoms with Gasteiger partial charge in [0.05, 0.1) is 18.8 Å². The number of anilines is 2. The van der Waals surface area contributed by atoms with Crippen molar-refractivity contribution in [3.8, 4) is 6.01 Å². The van der Waals surface area contributed by atoms with E-state index in [0.717, 1.165) is 19.3 Å². The molecule has 7 heteroatoms. The van der Waals surface area contributed by atoms with Crippen molar-refractivity contribution in [3.63, 3.8) is 0 Å². The molecule has 7 nitrogen and oxygen atoms in total. The average Bonchev–Trinajstić information content (AvgIpc) is 2.76. The van der Waals surface area contributed by atoms with Gasteiger partial charge < -0.3 is 20.5 Å². The third-order valence-corrected chi connectivity index (χ3v) is 2.98. The molecule has 2 unspecified atom stereocenters. The lowest BCUT2D eigenvalue weighted by Crippen LogP contribution is -2.30. The van der Waals surface area contributed by atoms with Crippen LogP contribution in [-0.2, 0) is 4.74 Å². The van der Waals surface area contributed by atoms with E-state index >= 15 is 0 Å². The number of rotatable bonds is 5. The molecule has 0 bridgehead atoms. The Hall–Kier alpha value is -1.63. The monoisotopic (exact) mass is 253 g/mol. The van der Waals surface area contributed by atoms with Gasteiger partial charge in [0.1, 0.15) is 0 Å². The number of aromatic nitrogens is 3. The van der Waals surface area contributed by atoms with Crippen LogP contribution in [0.3, 0.4) is 0 Å². The molecule has 0 radical (unpaired) electrons. The first-order valence-corrected chi connectivity index (χ1v) is 6.16. The number of nitrogen functional groups attached to an aromatic ring is 1. The number of nitrogens with two attached hydrogens (primary N) is 1. The Balaban J connectivity index is 2.08. The first-order valence-electron chi connectivity index (χ1n) is 6.16. The molecular formula is C11H19N5O2. The third kappa shape index (κ3) is 2.98. The molecule has 1 heterocycles. The van der Waals surface area contributed by atoms with Gasteiger partial charge in [0.25, 0.3) is 0 Å². The first kappa shape index (κ1) is 12.8. The minimum Gasteiger partial charge on any atom is -0.464 e. The van der Waals surface area contributed by atoms with E-state index in [4.69, 9.17) is 15.2 Å². The van der Waals surface area contributed by atoms with Gasteiger partial charge in [-0.1, -0.05) is 0 Å². The molecule has 1 fully saturated rings. The van der Waals surface area contributed by atoms with Gasteiger partial charge in [-0.25, -0.2) is 0 Å². The number of methoxy groups -OCH3 is 1. The highest BCUT2D eigenvalue weighted by atomic mass is 16.5. The SMILES string of the molecule is CCOc1nc(N)nc(NC2CCCC2OC)n1. The fraction of sp³-hybridized carbons (Fsp3) is 0.727. The van der Waals surface area contributed by atoms with E-state index in [-0.39, 0.29) is 24.1 Å². The Morgan fingerprint density at radius 1 is 1.33 bits per heavy atom. The van der Waals surface area contributed by atoms with Crippen molar-refractivity contribution in [2.45, 2.75) is 38.3 Å². The van der Waals surface area contributed by atoms with Gasteiger partial charge in [0.2, 0.25) is 11.9 Å². The van der Waals surface area contributed by atoms with E-state index in [1.165, 1.54) is 0 Å². The van der Waals surface area contributed by atoms with Gasteiger partial charge >= 0.3 is 6.01 Å². The van der Waals surface area contributed by atoms with Crippen LogP contribution in [0, 0.1) is 0 Å². The second-order valence-electron chi connectivity index (χ2n) is 4.19. The van der Waals surface area contributed by atoms with Crippen LogP contribution in [0.15, 0.2) is 0 Å². The summed E-state index contributed by atoms with van der Waals surface area (Å²) >= 11 is 0. The summed E-state index contributed by atoms with van der Waals surface area (Å²) in [6.07, 6.45) is 3.41. The van der Waals surface area contributed by atoms with Crippen LogP contribution in [0.25, 0.3) is 0 Å². The fourth-order valence-corrected chi connectivity index (χ4v) is 2.17. The van der Waals surface area contributed by atoms with Crippen molar-refractivity contribution in [3.05, 3.63) is 0 Å². The Morgan fingerprint density at radius 3 is 2.89 bits per heavy atom. The molecule has 1 saturated carbocycles. The number of hydrogen-bond acceptors (Lipinski definition) is 7. The number of nitrogens with zero attached hydrogens (tertiary/aromatic N) is 3. The van der Waals surface area contributed by atoms with Crippen LogP contribution in [0.2, 0.25) is 0 Å². The zero-order valence-corrected chi connectivity index (χ0v) is 10.7. The summed E-state index contributed by atoms with van der Waals surface area (Å²) in [4.78, 5) is 12.1. The Bertz CT molecular complexity index is 401. The van der Waals surface area contributed by atoms with Crippen molar-refractivity contribution in [2.75, 3.05) is 24.8 Å². The largest absolute Gasteiger partial charge is 0.464 e. The van der Waals surface area contributed by atoms with Crippen molar-refractivity contribution >= 4 is 11.9 Å². The third-order valence-electron chi connectivity index (χ3n) is 2.98. The molecule has 1 aromatic rings. The average molecular weight is 253 g/mol. The summed E-state index contributed by atoms with van der Waals surface area (Å²) in [5, 5.41) is 3.23. The van der Waals surface area contributed by atoms with E-state index < -0.39 is 0 Å². The number of ether oxygens (including phenoxy) is 2. The predicted molar refractivity (Wildman–Crippen MR) is 67.5 cm³/mol. The number of hydrogen-bond donors (Lipinski definition) is 2. The summed E-state index contributed by atoms with van der Waals surface area (Å²) < 4.78 is 10.6. The smallest absolute Gasteiger partial charge is 0.323 e. The normalized spacial score (nSPS) is 23.0. The van der Waals surface area contributed by atoms with Crippen molar-refractivity contribution in [1.29, 1.82) is 0 Å². The molecule has 2 rings (SSSR count). The maximum atomic E-state index is 5.62. The molecule has 0 aliphatic heterocycles. The van der Waals surface area contributed by atoms with Crippen LogP contribution in [0.5, 0.6) is 6.01 Å². The standard InChI is InChI=1S/C11H19N5O2/c1-3-18-11-15-9(12)14-10(16-11)13-7-5-4-6-8(7)17-2/h7-8H,3-6H2,1-2H3,(H3,12,13,14,15,16). The topological polar surface area (TPSA) is 95.2 Å². The van der Waals surface area contributed by atoms with Gasteiger partial charge in [-0.2, -0.15) is 15.0 Å². The van der Waals surface area contributed by atoms with E-state index in [2.05, 4.69) is 20.3 Å². The lowest BCUT2D eigenvalue weighted by molar-refractivity contribution is 0.101. The van der Waals surface area contributed by atoms with Crippen LogP contribution in [-0.4, -0.2) is 40.8 Å². The molecule has 0 spiro atoms. The molecule has 0 amide bonds. The van der Waals surface area contributed by atoms with Gasteiger partial charge in [-0.3, -0.25) is 0 Å². The molecule has 18 heavy (non-hydrogen) atoms. The summed E-state index contributed by atoms with van der Waals surface area (Å²) in [5.74, 6) is 0.600. The second-order valence-corrected chi connectivity index (χ2v) is 4.19. The van der Waals surface area contributed by atoms with Gasteiger partial charge in [-0.15, -0.1) is 0 Å². The van der Waals surface area contributed by atoms with Crippen molar-refractivity contribution in [1.82, 2.24) is 15.0 Å². The highest BCUT2D eigenvalue weighted by Crippen LogP contribution is 2.24. The fourth-order valence-electron chi connectivity index (χ4n) is 2.17. The lowest BCUT2D eigenvalue weighted by Gasteiger charge is -2.19. The zero-order chi connectivity index (χ0) is 13.0. The summed E-state index contributed by atoms with van der Waals surface area (Å²) in [6.45, 7) is 2.36.